The molecule has 1 aromatic heterocycles. The molecule has 0 atom stereocenters. The molecule has 0 aliphatic heterocycles. The molecule has 6 nitrogen and oxygen atoms in total. The van der Waals surface area contributed by atoms with E-state index in [9.17, 15) is 13.2 Å². The average Bonchev–Trinajstić information content (AvgIpc) is 2.26. The van der Waals surface area contributed by atoms with E-state index >= 15 is 0 Å². The van der Waals surface area contributed by atoms with Gasteiger partial charge in [-0.2, -0.15) is 0 Å². The summed E-state index contributed by atoms with van der Waals surface area (Å²) in [4.78, 5) is 15.3. The zero-order valence-electron chi connectivity index (χ0n) is 11.2. The number of nitrogens with zero attached hydrogens (tertiary/aromatic N) is 1. The maximum Gasteiger partial charge on any atom is 0.335 e. The van der Waals surface area contributed by atoms with Crippen LogP contribution < -0.4 is 5.32 Å². The van der Waals surface area contributed by atoms with E-state index in [0.29, 0.717) is 11.5 Å². The van der Waals surface area contributed by atoms with Crippen molar-refractivity contribution in [2.45, 2.75) is 19.8 Å². The quantitative estimate of drug-likeness (QED) is 0.819. The summed E-state index contributed by atoms with van der Waals surface area (Å²) in [6.07, 6.45) is 1.15. The van der Waals surface area contributed by atoms with Gasteiger partial charge in [-0.3, -0.25) is 0 Å². The number of aromatic carboxylic acids is 1. The first-order chi connectivity index (χ1) is 8.69. The Morgan fingerprint density at radius 3 is 2.53 bits per heavy atom. The first kappa shape index (κ1) is 15.4. The van der Waals surface area contributed by atoms with Crippen LogP contribution in [0.3, 0.4) is 0 Å². The summed E-state index contributed by atoms with van der Waals surface area (Å²) in [7, 11) is -3.05. The number of aromatic nitrogens is 1. The summed E-state index contributed by atoms with van der Waals surface area (Å²) in [5.41, 5.74) is 0.794. The van der Waals surface area contributed by atoms with Crippen molar-refractivity contribution >= 4 is 21.6 Å². The molecule has 0 aliphatic carbocycles. The number of hydrogen-bond acceptors (Lipinski definition) is 5. The van der Waals surface area contributed by atoms with Gasteiger partial charge >= 0.3 is 5.97 Å². The fourth-order valence-electron chi connectivity index (χ4n) is 1.43. The number of carboxylic acids is 1. The molecule has 0 saturated carbocycles. The highest BCUT2D eigenvalue weighted by atomic mass is 32.2. The van der Waals surface area contributed by atoms with Crippen LogP contribution in [-0.2, 0) is 9.84 Å². The third-order valence-corrected chi connectivity index (χ3v) is 3.41. The minimum absolute atomic E-state index is 0.0248. The van der Waals surface area contributed by atoms with Crippen LogP contribution in [0.5, 0.6) is 0 Å². The second-order valence-electron chi connectivity index (χ2n) is 4.68. The topological polar surface area (TPSA) is 96.4 Å². The molecule has 2 N–H and O–H groups in total. The summed E-state index contributed by atoms with van der Waals surface area (Å²) in [6, 6.07) is 2.92. The maximum atomic E-state index is 11.0. The van der Waals surface area contributed by atoms with E-state index < -0.39 is 15.8 Å². The van der Waals surface area contributed by atoms with Gasteiger partial charge in [0.25, 0.3) is 0 Å². The number of sulfone groups is 1. The van der Waals surface area contributed by atoms with Crippen LogP contribution in [0, 0.1) is 0 Å². The van der Waals surface area contributed by atoms with Gasteiger partial charge in [0.05, 0.1) is 11.3 Å². The largest absolute Gasteiger partial charge is 0.478 e. The van der Waals surface area contributed by atoms with Gasteiger partial charge in [-0.1, -0.05) is 13.8 Å². The zero-order chi connectivity index (χ0) is 14.6. The lowest BCUT2D eigenvalue weighted by Crippen LogP contribution is -2.15. The molecule has 7 heteroatoms. The summed E-state index contributed by atoms with van der Waals surface area (Å²) < 4.78 is 22.0. The maximum absolute atomic E-state index is 11.0. The third kappa shape index (κ3) is 5.25. The van der Waals surface area contributed by atoms with E-state index in [1.807, 2.05) is 13.8 Å². The molecule has 0 radical (unpaired) electrons. The van der Waals surface area contributed by atoms with Crippen molar-refractivity contribution in [2.75, 3.05) is 23.9 Å². The SMILES string of the molecule is CC(C)c1cc(C(=O)O)cc(NCCS(C)(=O)=O)n1. The number of carbonyl (C=O) groups is 1. The lowest BCUT2D eigenvalue weighted by Gasteiger charge is -2.10. The van der Waals surface area contributed by atoms with Crippen molar-refractivity contribution in [3.8, 4) is 0 Å². The molecule has 0 fully saturated rings. The van der Waals surface area contributed by atoms with Crippen LogP contribution in [0.25, 0.3) is 0 Å². The van der Waals surface area contributed by atoms with Crippen molar-refractivity contribution in [3.63, 3.8) is 0 Å². The second kappa shape index (κ2) is 6.01. The second-order valence-corrected chi connectivity index (χ2v) is 6.94. The Bertz CT molecular complexity index is 567. The Morgan fingerprint density at radius 1 is 1.42 bits per heavy atom. The van der Waals surface area contributed by atoms with Gasteiger partial charge in [0.2, 0.25) is 0 Å². The van der Waals surface area contributed by atoms with Crippen LogP contribution in [0.2, 0.25) is 0 Å². The minimum atomic E-state index is -3.05. The van der Waals surface area contributed by atoms with Gasteiger partial charge in [0, 0.05) is 18.5 Å². The molecular weight excluding hydrogens is 268 g/mol. The Morgan fingerprint density at radius 2 is 2.05 bits per heavy atom. The van der Waals surface area contributed by atoms with Gasteiger partial charge in [-0.05, 0) is 18.1 Å². The lowest BCUT2D eigenvalue weighted by molar-refractivity contribution is 0.0696. The van der Waals surface area contributed by atoms with Crippen molar-refractivity contribution in [1.82, 2.24) is 4.98 Å². The molecule has 0 amide bonds. The molecule has 1 rings (SSSR count). The Kier molecular flexibility index (Phi) is 4.88. The number of nitrogens with one attached hydrogen (secondary N) is 1. The van der Waals surface area contributed by atoms with Crippen molar-refractivity contribution < 1.29 is 18.3 Å². The Balaban J connectivity index is 2.91. The van der Waals surface area contributed by atoms with Crippen molar-refractivity contribution in [1.29, 1.82) is 0 Å². The van der Waals surface area contributed by atoms with Gasteiger partial charge < -0.3 is 10.4 Å². The van der Waals surface area contributed by atoms with Crippen LogP contribution in [-0.4, -0.2) is 43.0 Å². The molecule has 0 spiro atoms. The van der Waals surface area contributed by atoms with Gasteiger partial charge in [0.15, 0.2) is 0 Å². The molecule has 0 bridgehead atoms. The summed E-state index contributed by atoms with van der Waals surface area (Å²) in [5, 5.41) is 11.9. The molecule has 1 heterocycles. The smallest absolute Gasteiger partial charge is 0.335 e. The fourth-order valence-corrected chi connectivity index (χ4v) is 1.90. The Hall–Kier alpha value is -1.63. The molecule has 106 valence electrons. The van der Waals surface area contributed by atoms with Crippen molar-refractivity contribution in [3.05, 3.63) is 23.4 Å². The van der Waals surface area contributed by atoms with E-state index in [4.69, 9.17) is 5.11 Å². The number of anilines is 1. The van der Waals surface area contributed by atoms with Gasteiger partial charge in [-0.25, -0.2) is 18.2 Å². The number of pyridine rings is 1. The van der Waals surface area contributed by atoms with Crippen LogP contribution in [0.4, 0.5) is 5.82 Å². The van der Waals surface area contributed by atoms with Crippen LogP contribution in [0.15, 0.2) is 12.1 Å². The standard InChI is InChI=1S/C12H18N2O4S/c1-8(2)10-6-9(12(15)16)7-11(14-10)13-4-5-19(3,17)18/h6-8H,4-5H2,1-3H3,(H,13,14)(H,15,16). The first-order valence-electron chi connectivity index (χ1n) is 5.86. The predicted molar refractivity (Wildman–Crippen MR) is 73.5 cm³/mol. The van der Waals surface area contributed by atoms with E-state index in [1.54, 1.807) is 0 Å². The molecule has 1 aromatic rings. The predicted octanol–water partition coefficient (Wildman–Crippen LogP) is 1.36. The summed E-state index contributed by atoms with van der Waals surface area (Å²) >= 11 is 0. The highest BCUT2D eigenvalue weighted by molar-refractivity contribution is 7.90. The van der Waals surface area contributed by atoms with E-state index in [2.05, 4.69) is 10.3 Å². The lowest BCUT2D eigenvalue weighted by atomic mass is 10.1. The highest BCUT2D eigenvalue weighted by Gasteiger charge is 2.11. The van der Waals surface area contributed by atoms with Crippen LogP contribution in [0.1, 0.15) is 35.8 Å². The van der Waals surface area contributed by atoms with Crippen LogP contribution >= 0.6 is 0 Å². The molecule has 0 saturated heterocycles. The Labute approximate surface area is 112 Å². The number of carboxylic acid groups (broad SMARTS) is 1. The highest BCUT2D eigenvalue weighted by Crippen LogP contribution is 2.17. The van der Waals surface area contributed by atoms with E-state index in [1.165, 1.54) is 12.1 Å². The zero-order valence-corrected chi connectivity index (χ0v) is 12.0. The monoisotopic (exact) mass is 286 g/mol. The number of hydrogen-bond donors (Lipinski definition) is 2. The van der Waals surface area contributed by atoms with E-state index in [0.717, 1.165) is 6.26 Å². The van der Waals surface area contributed by atoms with Gasteiger partial charge in [0.1, 0.15) is 15.7 Å². The minimum Gasteiger partial charge on any atom is -0.478 e. The summed E-state index contributed by atoms with van der Waals surface area (Å²) in [6.45, 7) is 4.02. The number of rotatable bonds is 6. The molecule has 19 heavy (non-hydrogen) atoms. The van der Waals surface area contributed by atoms with Gasteiger partial charge in [-0.15, -0.1) is 0 Å². The summed E-state index contributed by atoms with van der Waals surface area (Å²) in [5.74, 6) is -0.583. The van der Waals surface area contributed by atoms with E-state index in [-0.39, 0.29) is 23.8 Å². The average molecular weight is 286 g/mol. The molecule has 0 aromatic carbocycles. The first-order valence-corrected chi connectivity index (χ1v) is 7.92. The normalized spacial score (nSPS) is 11.6. The molecule has 0 unspecified atom stereocenters. The molecular formula is C12H18N2O4S. The molecule has 0 aliphatic rings. The van der Waals surface area contributed by atoms with Crippen molar-refractivity contribution in [2.24, 2.45) is 0 Å². The fraction of sp³-hybridized carbons (Fsp3) is 0.500. The third-order valence-electron chi connectivity index (χ3n) is 2.46.